The van der Waals surface area contributed by atoms with Gasteiger partial charge in [-0.2, -0.15) is 0 Å². The Morgan fingerprint density at radius 3 is 2.85 bits per heavy atom. The number of fused-ring (bicyclic) bond motifs is 1. The molecule has 0 atom stereocenters. The highest BCUT2D eigenvalue weighted by Gasteiger charge is 2.04. The molecule has 27 heavy (non-hydrogen) atoms. The maximum atomic E-state index is 6.04. The monoisotopic (exact) mass is 394 g/mol. The van der Waals surface area contributed by atoms with Crippen LogP contribution in [-0.4, -0.2) is 23.1 Å². The van der Waals surface area contributed by atoms with Gasteiger partial charge in [-0.25, -0.2) is 0 Å². The SMILES string of the molecule is Clc1ccc2c(NCCNCc3ccc(-c4cccnc4)s3)ccnc2c1. The second-order valence-electron chi connectivity index (χ2n) is 6.13. The fourth-order valence-corrected chi connectivity index (χ4v) is 4.04. The second-order valence-corrected chi connectivity index (χ2v) is 7.74. The molecule has 6 heteroatoms. The molecule has 0 aliphatic carbocycles. The van der Waals surface area contributed by atoms with Crippen LogP contribution in [0.25, 0.3) is 21.3 Å². The Morgan fingerprint density at radius 2 is 1.96 bits per heavy atom. The highest BCUT2D eigenvalue weighted by Crippen LogP contribution is 2.27. The van der Waals surface area contributed by atoms with Gasteiger partial charge in [0.15, 0.2) is 0 Å². The number of hydrogen-bond acceptors (Lipinski definition) is 5. The van der Waals surface area contributed by atoms with Crippen molar-refractivity contribution in [1.82, 2.24) is 15.3 Å². The Kier molecular flexibility index (Phi) is 5.63. The van der Waals surface area contributed by atoms with Gasteiger partial charge in [0.25, 0.3) is 0 Å². The number of anilines is 1. The molecule has 2 N–H and O–H groups in total. The Bertz CT molecular complexity index is 1030. The second kappa shape index (κ2) is 8.48. The molecule has 0 fully saturated rings. The van der Waals surface area contributed by atoms with Crippen LogP contribution in [-0.2, 0) is 6.54 Å². The molecule has 4 rings (SSSR count). The predicted molar refractivity (Wildman–Crippen MR) is 114 cm³/mol. The molecule has 0 bridgehead atoms. The molecule has 4 aromatic rings. The van der Waals surface area contributed by atoms with E-state index in [0.717, 1.165) is 36.2 Å². The number of hydrogen-bond donors (Lipinski definition) is 2. The van der Waals surface area contributed by atoms with Crippen molar-refractivity contribution >= 4 is 39.5 Å². The first-order valence-corrected chi connectivity index (χ1v) is 9.97. The normalized spacial score (nSPS) is 11.0. The highest BCUT2D eigenvalue weighted by atomic mass is 35.5. The third kappa shape index (κ3) is 4.45. The lowest BCUT2D eigenvalue weighted by Crippen LogP contribution is -2.21. The van der Waals surface area contributed by atoms with Gasteiger partial charge in [0, 0.05) is 69.6 Å². The first kappa shape index (κ1) is 17.9. The number of nitrogens with one attached hydrogen (secondary N) is 2. The van der Waals surface area contributed by atoms with Crippen molar-refractivity contribution in [3.05, 3.63) is 77.0 Å². The van der Waals surface area contributed by atoms with E-state index in [9.17, 15) is 0 Å². The summed E-state index contributed by atoms with van der Waals surface area (Å²) < 4.78 is 0. The van der Waals surface area contributed by atoms with Crippen LogP contribution in [0.1, 0.15) is 4.88 Å². The van der Waals surface area contributed by atoms with Crippen molar-refractivity contribution < 1.29 is 0 Å². The lowest BCUT2D eigenvalue weighted by atomic mass is 10.2. The molecule has 136 valence electrons. The van der Waals surface area contributed by atoms with Crippen LogP contribution in [0.5, 0.6) is 0 Å². The van der Waals surface area contributed by atoms with E-state index in [-0.39, 0.29) is 0 Å². The zero-order chi connectivity index (χ0) is 18.5. The van der Waals surface area contributed by atoms with Crippen LogP contribution in [0.3, 0.4) is 0 Å². The molecule has 0 saturated carbocycles. The van der Waals surface area contributed by atoms with E-state index in [1.165, 1.54) is 15.3 Å². The zero-order valence-electron chi connectivity index (χ0n) is 14.7. The largest absolute Gasteiger partial charge is 0.383 e. The number of nitrogens with zero attached hydrogens (tertiary/aromatic N) is 2. The lowest BCUT2D eigenvalue weighted by Gasteiger charge is -2.10. The average Bonchev–Trinajstić information content (AvgIpc) is 3.17. The van der Waals surface area contributed by atoms with Crippen LogP contribution >= 0.6 is 22.9 Å². The topological polar surface area (TPSA) is 49.8 Å². The number of rotatable bonds is 7. The summed E-state index contributed by atoms with van der Waals surface area (Å²) in [7, 11) is 0. The fourth-order valence-electron chi connectivity index (χ4n) is 2.91. The number of pyridine rings is 2. The minimum absolute atomic E-state index is 0.704. The van der Waals surface area contributed by atoms with Gasteiger partial charge in [-0.05, 0) is 42.5 Å². The summed E-state index contributed by atoms with van der Waals surface area (Å²) in [5.74, 6) is 0. The van der Waals surface area contributed by atoms with E-state index >= 15 is 0 Å². The molecule has 4 nitrogen and oxygen atoms in total. The number of aromatic nitrogens is 2. The number of benzene rings is 1. The highest BCUT2D eigenvalue weighted by molar-refractivity contribution is 7.15. The summed E-state index contributed by atoms with van der Waals surface area (Å²) in [4.78, 5) is 11.1. The molecule has 0 spiro atoms. The predicted octanol–water partition coefficient (Wildman–Crippen LogP) is 5.21. The minimum atomic E-state index is 0.704. The van der Waals surface area contributed by atoms with E-state index in [4.69, 9.17) is 11.6 Å². The quantitative estimate of drug-likeness (QED) is 0.422. The third-order valence-corrected chi connectivity index (χ3v) is 5.60. The van der Waals surface area contributed by atoms with Gasteiger partial charge in [-0.1, -0.05) is 17.7 Å². The van der Waals surface area contributed by atoms with Gasteiger partial charge in [0.1, 0.15) is 0 Å². The van der Waals surface area contributed by atoms with Crippen molar-refractivity contribution in [3.8, 4) is 10.4 Å². The third-order valence-electron chi connectivity index (χ3n) is 4.23. The maximum Gasteiger partial charge on any atom is 0.0737 e. The Hall–Kier alpha value is -2.47. The molecule has 3 heterocycles. The summed E-state index contributed by atoms with van der Waals surface area (Å²) in [5, 5.41) is 8.75. The number of halogens is 1. The molecule has 0 aliphatic rings. The molecule has 0 radical (unpaired) electrons. The maximum absolute atomic E-state index is 6.04. The number of thiophene rings is 1. The van der Waals surface area contributed by atoms with E-state index in [2.05, 4.69) is 38.8 Å². The average molecular weight is 395 g/mol. The first-order chi connectivity index (χ1) is 13.3. The Labute approximate surface area is 167 Å². The summed E-state index contributed by atoms with van der Waals surface area (Å²) in [6.45, 7) is 2.57. The van der Waals surface area contributed by atoms with Gasteiger partial charge in [-0.3, -0.25) is 9.97 Å². The van der Waals surface area contributed by atoms with Crippen LogP contribution in [0.2, 0.25) is 5.02 Å². The van der Waals surface area contributed by atoms with Crippen molar-refractivity contribution in [2.24, 2.45) is 0 Å². The van der Waals surface area contributed by atoms with Crippen LogP contribution in [0.15, 0.2) is 67.1 Å². The summed E-state index contributed by atoms with van der Waals surface area (Å²) in [6, 6.07) is 16.2. The van der Waals surface area contributed by atoms with E-state index in [1.807, 2.05) is 36.5 Å². The van der Waals surface area contributed by atoms with Crippen molar-refractivity contribution in [1.29, 1.82) is 0 Å². The van der Waals surface area contributed by atoms with Crippen LogP contribution < -0.4 is 10.6 Å². The van der Waals surface area contributed by atoms with Gasteiger partial charge in [0.05, 0.1) is 5.52 Å². The molecule has 0 saturated heterocycles. The molecule has 3 aromatic heterocycles. The molecular weight excluding hydrogens is 376 g/mol. The van der Waals surface area contributed by atoms with E-state index in [1.54, 1.807) is 23.7 Å². The van der Waals surface area contributed by atoms with Crippen LogP contribution in [0, 0.1) is 0 Å². The van der Waals surface area contributed by atoms with Gasteiger partial charge >= 0.3 is 0 Å². The van der Waals surface area contributed by atoms with Crippen molar-refractivity contribution in [2.45, 2.75) is 6.54 Å². The minimum Gasteiger partial charge on any atom is -0.383 e. The molecule has 0 aliphatic heterocycles. The van der Waals surface area contributed by atoms with Crippen molar-refractivity contribution in [3.63, 3.8) is 0 Å². The first-order valence-electron chi connectivity index (χ1n) is 8.77. The molecule has 0 unspecified atom stereocenters. The van der Waals surface area contributed by atoms with Gasteiger partial charge in [-0.15, -0.1) is 11.3 Å². The Morgan fingerprint density at radius 1 is 1.00 bits per heavy atom. The zero-order valence-corrected chi connectivity index (χ0v) is 16.2. The molecule has 0 amide bonds. The smallest absolute Gasteiger partial charge is 0.0737 e. The molecule has 1 aromatic carbocycles. The van der Waals surface area contributed by atoms with E-state index in [0.29, 0.717) is 5.02 Å². The summed E-state index contributed by atoms with van der Waals surface area (Å²) >= 11 is 7.84. The van der Waals surface area contributed by atoms with Crippen LogP contribution in [0.4, 0.5) is 5.69 Å². The van der Waals surface area contributed by atoms with Gasteiger partial charge < -0.3 is 10.6 Å². The summed E-state index contributed by atoms with van der Waals surface area (Å²) in [5.41, 5.74) is 3.15. The summed E-state index contributed by atoms with van der Waals surface area (Å²) in [6.07, 6.45) is 5.51. The van der Waals surface area contributed by atoms with E-state index < -0.39 is 0 Å². The standard InChI is InChI=1S/C21H19ClN4S/c22-16-3-5-18-19(7-9-25-20(18)12-16)26-11-10-24-14-17-4-6-21(27-17)15-2-1-8-23-13-15/h1-9,12-13,24H,10-11,14H2,(H,25,26). The Balaban J connectivity index is 1.28. The van der Waals surface area contributed by atoms with Crippen molar-refractivity contribution in [2.75, 3.05) is 18.4 Å². The lowest BCUT2D eigenvalue weighted by molar-refractivity contribution is 0.714. The fraction of sp³-hybridized carbons (Fsp3) is 0.143. The van der Waals surface area contributed by atoms with Gasteiger partial charge in [0.2, 0.25) is 0 Å². The molecular formula is C21H19ClN4S.